The van der Waals surface area contributed by atoms with Crippen LogP contribution in [0.15, 0.2) is 29.4 Å². The fraction of sp³-hybridized carbons (Fsp3) is 0.656. The summed E-state index contributed by atoms with van der Waals surface area (Å²) in [4.78, 5) is 61.0. The average molecular weight is 682 g/mol. The molecule has 0 heterocycles. The number of nitrogens with zero attached hydrogens (tertiary/aromatic N) is 3. The number of carbonyl (C=O) groups is 5. The molecule has 1 rings (SSSR count). The summed E-state index contributed by atoms with van der Waals surface area (Å²) in [5, 5.41) is 11.3. The number of methoxy groups -OCH3 is 2. The Kier molecular flexibility index (Phi) is 22.5. The lowest BCUT2D eigenvalue weighted by molar-refractivity contribution is -0.143. The molecule has 0 spiro atoms. The zero-order chi connectivity index (χ0) is 36.0. The van der Waals surface area contributed by atoms with Crippen molar-refractivity contribution in [3.05, 3.63) is 40.3 Å². The summed E-state index contributed by atoms with van der Waals surface area (Å²) in [5.41, 5.74) is 13.6. The second kappa shape index (κ2) is 23.7. The number of nitrogens with two attached hydrogens (primary N) is 1. The first-order valence-corrected chi connectivity index (χ1v) is 15.2. The lowest BCUT2D eigenvalue weighted by Gasteiger charge is -2.20. The van der Waals surface area contributed by atoms with E-state index in [1.165, 1.54) is 20.3 Å². The fourth-order valence-corrected chi connectivity index (χ4v) is 3.63. The monoisotopic (exact) mass is 681 g/mol. The number of benzene rings is 1. The number of hydrogen-bond acceptors (Lipinski definition) is 11. The first kappa shape index (κ1) is 45.6. The molecule has 0 radical (unpaired) electrons. The van der Waals surface area contributed by atoms with E-state index in [-0.39, 0.29) is 13.0 Å². The summed E-state index contributed by atoms with van der Waals surface area (Å²) < 4.78 is 19.5. The molecular formula is C32H55N7O9. The van der Waals surface area contributed by atoms with Crippen LogP contribution in [-0.2, 0) is 28.5 Å². The van der Waals surface area contributed by atoms with Crippen molar-refractivity contribution in [2.75, 3.05) is 27.3 Å². The van der Waals surface area contributed by atoms with Crippen LogP contribution in [0.2, 0.25) is 0 Å². The van der Waals surface area contributed by atoms with E-state index in [0.29, 0.717) is 44.5 Å². The molecule has 0 unspecified atom stereocenters. The second-order valence-corrected chi connectivity index (χ2v) is 12.3. The van der Waals surface area contributed by atoms with E-state index in [2.05, 4.69) is 30.7 Å². The van der Waals surface area contributed by atoms with Gasteiger partial charge in [0, 0.05) is 29.3 Å². The Hall–Kier alpha value is -4.56. The molecule has 1 aromatic carbocycles. The molecule has 272 valence electrons. The van der Waals surface area contributed by atoms with Crippen LogP contribution in [0.5, 0.6) is 0 Å². The van der Waals surface area contributed by atoms with Gasteiger partial charge in [0.15, 0.2) is 0 Å². The van der Waals surface area contributed by atoms with E-state index in [9.17, 15) is 24.0 Å². The van der Waals surface area contributed by atoms with Gasteiger partial charge in [0.05, 0.1) is 14.2 Å². The highest BCUT2D eigenvalue weighted by Gasteiger charge is 2.22. The summed E-state index contributed by atoms with van der Waals surface area (Å²) in [6, 6.07) is 4.69. The maximum atomic E-state index is 12.4. The predicted octanol–water partition coefficient (Wildman–Crippen LogP) is 5.41. The van der Waals surface area contributed by atoms with Crippen LogP contribution >= 0.6 is 0 Å². The molecule has 16 nitrogen and oxygen atoms in total. The molecule has 0 saturated carbocycles. The summed E-state index contributed by atoms with van der Waals surface area (Å²) in [6.07, 6.45) is 2.59. The molecular weight excluding hydrogens is 626 g/mol. The average Bonchev–Trinajstić information content (AvgIpc) is 2.98. The Bertz CT molecular complexity index is 1210. The van der Waals surface area contributed by atoms with Crippen LogP contribution in [0.25, 0.3) is 10.4 Å². The van der Waals surface area contributed by atoms with Gasteiger partial charge in [-0.1, -0.05) is 24.7 Å². The lowest BCUT2D eigenvalue weighted by Crippen LogP contribution is -2.41. The van der Waals surface area contributed by atoms with Crippen molar-refractivity contribution in [2.45, 2.75) is 111 Å². The zero-order valence-electron chi connectivity index (χ0n) is 28.7. The summed E-state index contributed by atoms with van der Waals surface area (Å²) >= 11 is 0. The molecule has 5 N–H and O–H groups in total. The summed E-state index contributed by atoms with van der Waals surface area (Å²) in [6.45, 7) is 11.6. The van der Waals surface area contributed by atoms with E-state index in [4.69, 9.17) is 25.5 Å². The molecule has 0 bridgehead atoms. The molecule has 0 aliphatic heterocycles. The Balaban J connectivity index is 0. The molecule has 2 atom stereocenters. The number of ether oxygens (including phenoxy) is 4. The summed E-state index contributed by atoms with van der Waals surface area (Å²) in [7, 11) is 2.56. The maximum absolute atomic E-state index is 12.4. The van der Waals surface area contributed by atoms with Crippen LogP contribution in [0.4, 0.5) is 15.3 Å². The van der Waals surface area contributed by atoms with Gasteiger partial charge < -0.3 is 40.6 Å². The van der Waals surface area contributed by atoms with E-state index in [1.807, 2.05) is 20.8 Å². The highest BCUT2D eigenvalue weighted by atomic mass is 16.6. The van der Waals surface area contributed by atoms with E-state index >= 15 is 0 Å². The van der Waals surface area contributed by atoms with Gasteiger partial charge in [-0.25, -0.2) is 14.4 Å². The largest absolute Gasteiger partial charge is 0.468 e. The van der Waals surface area contributed by atoms with Crippen molar-refractivity contribution in [2.24, 2.45) is 10.8 Å². The third-order valence-corrected chi connectivity index (χ3v) is 5.76. The highest BCUT2D eigenvalue weighted by Crippen LogP contribution is 2.15. The van der Waals surface area contributed by atoms with Gasteiger partial charge in [-0.15, -0.1) is 0 Å². The third-order valence-electron chi connectivity index (χ3n) is 5.76. The van der Waals surface area contributed by atoms with Gasteiger partial charge in [0.1, 0.15) is 23.3 Å². The predicted molar refractivity (Wildman–Crippen MR) is 181 cm³/mol. The van der Waals surface area contributed by atoms with Crippen molar-refractivity contribution in [1.29, 1.82) is 0 Å². The number of unbranched alkanes of at least 4 members (excludes halogenated alkanes) is 2. The lowest BCUT2D eigenvalue weighted by atomic mass is 10.1. The minimum atomic E-state index is -0.836. The Labute approximate surface area is 283 Å². The fourth-order valence-electron chi connectivity index (χ4n) is 3.63. The SMILES string of the molecule is C.COC(=O)[C@@H](N)CCCCNC(=O)OC(C)(C)C.COC(=O)[C@H](CCCCNC(=O)OC(C)(C)C)NC(=O)c1cccc(N=[N+]=[N-])c1. The standard InChI is InChI=1S/C19H27N5O5.C12H24N2O4.CH4/c1-19(2,3)29-18(27)21-11-6-5-10-15(17(26)28-4)22-16(25)13-8-7-9-14(12-13)23-24-20;1-12(2,3)18-11(16)14-8-6-5-7-9(13)10(15)17-4;/h7-9,12,15H,5-6,10-11H2,1-4H3,(H,21,27)(H,22,25);9H,5-8,13H2,1-4H3,(H,14,16);1H4/t15-;9-;/m00./s1. The molecule has 0 aliphatic carbocycles. The Morgan fingerprint density at radius 1 is 0.833 bits per heavy atom. The molecule has 16 heteroatoms. The third kappa shape index (κ3) is 22.9. The minimum Gasteiger partial charge on any atom is -0.468 e. The van der Waals surface area contributed by atoms with Crippen LogP contribution in [0.3, 0.4) is 0 Å². The number of amides is 3. The smallest absolute Gasteiger partial charge is 0.407 e. The Morgan fingerprint density at radius 2 is 1.33 bits per heavy atom. The van der Waals surface area contributed by atoms with Crippen LogP contribution in [0, 0.1) is 0 Å². The van der Waals surface area contributed by atoms with E-state index in [1.54, 1.807) is 39.0 Å². The Morgan fingerprint density at radius 3 is 1.79 bits per heavy atom. The molecule has 48 heavy (non-hydrogen) atoms. The van der Waals surface area contributed by atoms with Gasteiger partial charge in [0.2, 0.25) is 0 Å². The molecule has 0 saturated heterocycles. The van der Waals surface area contributed by atoms with Crippen molar-refractivity contribution in [1.82, 2.24) is 16.0 Å². The summed E-state index contributed by atoms with van der Waals surface area (Å²) in [5.74, 6) is -1.46. The van der Waals surface area contributed by atoms with Gasteiger partial charge in [-0.2, -0.15) is 0 Å². The minimum absolute atomic E-state index is 0. The van der Waals surface area contributed by atoms with Gasteiger partial charge >= 0.3 is 24.1 Å². The second-order valence-electron chi connectivity index (χ2n) is 12.3. The van der Waals surface area contributed by atoms with Crippen molar-refractivity contribution >= 4 is 35.7 Å². The number of hydrogen-bond donors (Lipinski definition) is 4. The first-order valence-electron chi connectivity index (χ1n) is 15.2. The number of alkyl carbamates (subject to hydrolysis) is 2. The number of esters is 2. The van der Waals surface area contributed by atoms with E-state index < -0.39 is 53.3 Å². The zero-order valence-corrected chi connectivity index (χ0v) is 28.7. The normalized spacial score (nSPS) is 11.8. The van der Waals surface area contributed by atoms with Crippen molar-refractivity contribution in [3.63, 3.8) is 0 Å². The molecule has 1 aromatic rings. The molecule has 0 aliphatic rings. The molecule has 0 aromatic heterocycles. The van der Waals surface area contributed by atoms with Gasteiger partial charge in [0.25, 0.3) is 5.91 Å². The van der Waals surface area contributed by atoms with Crippen molar-refractivity contribution in [3.8, 4) is 0 Å². The number of nitrogens with one attached hydrogen (secondary N) is 3. The first-order chi connectivity index (χ1) is 21.9. The highest BCUT2D eigenvalue weighted by molar-refractivity contribution is 5.97. The van der Waals surface area contributed by atoms with Gasteiger partial charge in [-0.05, 0) is 97.7 Å². The molecule has 0 fully saturated rings. The maximum Gasteiger partial charge on any atom is 0.407 e. The topological polar surface area (TPSA) is 233 Å². The van der Waals surface area contributed by atoms with Crippen LogP contribution in [0.1, 0.15) is 97.9 Å². The number of azide groups is 1. The van der Waals surface area contributed by atoms with Crippen LogP contribution < -0.4 is 21.7 Å². The molecule has 3 amide bonds. The van der Waals surface area contributed by atoms with Gasteiger partial charge in [-0.3, -0.25) is 9.59 Å². The number of carbonyl (C=O) groups excluding carboxylic acids is 5. The van der Waals surface area contributed by atoms with Crippen molar-refractivity contribution < 1.29 is 42.9 Å². The van der Waals surface area contributed by atoms with Crippen LogP contribution in [-0.4, -0.2) is 80.6 Å². The van der Waals surface area contributed by atoms with E-state index in [0.717, 1.165) is 12.8 Å². The quantitative estimate of drug-likeness (QED) is 0.0458. The number of rotatable bonds is 15.